The number of aliphatic carboxylic acids is 1. The lowest BCUT2D eigenvalue weighted by Crippen LogP contribution is -2.41. The van der Waals surface area contributed by atoms with Crippen molar-refractivity contribution in [3.8, 4) is 6.07 Å². The molecule has 0 aliphatic carbocycles. The first kappa shape index (κ1) is 11.6. The number of carboxylic acids is 1. The van der Waals surface area contributed by atoms with Crippen LogP contribution in [0.1, 0.15) is 24.0 Å². The highest BCUT2D eigenvalue weighted by molar-refractivity contribution is 5.81. The summed E-state index contributed by atoms with van der Waals surface area (Å²) >= 11 is 0. The molecule has 0 bridgehead atoms. The number of hydrogen-bond acceptors (Lipinski definition) is 3. The Bertz CT molecular complexity index is 453. The van der Waals surface area contributed by atoms with E-state index in [0.717, 1.165) is 5.56 Å². The van der Waals surface area contributed by atoms with E-state index in [-0.39, 0.29) is 0 Å². The summed E-state index contributed by atoms with van der Waals surface area (Å²) in [6.45, 7) is 0.929. The monoisotopic (exact) mass is 231 g/mol. The van der Waals surface area contributed by atoms with E-state index in [1.54, 1.807) is 24.3 Å². The number of ether oxygens (including phenoxy) is 1. The molecule has 1 fully saturated rings. The Morgan fingerprint density at radius 1 is 1.29 bits per heavy atom. The zero-order valence-electron chi connectivity index (χ0n) is 9.35. The second-order valence-corrected chi connectivity index (χ2v) is 4.19. The first-order valence-electron chi connectivity index (χ1n) is 5.51. The molecule has 0 saturated carbocycles. The summed E-state index contributed by atoms with van der Waals surface area (Å²) in [5, 5.41) is 18.2. The van der Waals surface area contributed by atoms with Gasteiger partial charge in [-0.25, -0.2) is 0 Å². The standard InChI is InChI=1S/C13H13NO3/c14-9-10-1-3-11(4-2-10)13(12(15)16)5-7-17-8-6-13/h1-4H,5-8H2,(H,15,16). The minimum absolute atomic E-state index is 0.465. The van der Waals surface area contributed by atoms with E-state index in [2.05, 4.69) is 0 Å². The number of hydrogen-bond donors (Lipinski definition) is 1. The summed E-state index contributed by atoms with van der Waals surface area (Å²) in [6.07, 6.45) is 0.961. The van der Waals surface area contributed by atoms with Gasteiger partial charge >= 0.3 is 5.97 Å². The molecule has 4 nitrogen and oxygen atoms in total. The molecule has 1 saturated heterocycles. The average Bonchev–Trinajstić information content (AvgIpc) is 2.39. The predicted octanol–water partition coefficient (Wildman–Crippen LogP) is 1.69. The van der Waals surface area contributed by atoms with Crippen LogP contribution in [-0.4, -0.2) is 24.3 Å². The Hall–Kier alpha value is -1.86. The molecule has 2 rings (SSSR count). The Morgan fingerprint density at radius 2 is 1.88 bits per heavy atom. The van der Waals surface area contributed by atoms with E-state index >= 15 is 0 Å². The lowest BCUT2D eigenvalue weighted by Gasteiger charge is -2.33. The topological polar surface area (TPSA) is 70.3 Å². The number of carboxylic acid groups (broad SMARTS) is 1. The van der Waals surface area contributed by atoms with Gasteiger partial charge in [0.15, 0.2) is 0 Å². The Balaban J connectivity index is 2.38. The Labute approximate surface area is 99.4 Å². The molecule has 1 aromatic rings. The van der Waals surface area contributed by atoms with Crippen molar-refractivity contribution in [3.63, 3.8) is 0 Å². The van der Waals surface area contributed by atoms with Crippen LogP contribution in [0.15, 0.2) is 24.3 Å². The Kier molecular flexibility index (Phi) is 3.12. The summed E-state index contributed by atoms with van der Waals surface area (Å²) < 4.78 is 5.23. The molecule has 0 radical (unpaired) electrons. The van der Waals surface area contributed by atoms with Crippen molar-refractivity contribution in [3.05, 3.63) is 35.4 Å². The van der Waals surface area contributed by atoms with E-state index in [9.17, 15) is 9.90 Å². The number of benzene rings is 1. The fourth-order valence-electron chi connectivity index (χ4n) is 2.21. The molecule has 0 amide bonds. The molecule has 1 aliphatic rings. The molecular weight excluding hydrogens is 218 g/mol. The molecule has 1 heterocycles. The number of nitrogens with zero attached hydrogens (tertiary/aromatic N) is 1. The number of nitriles is 1. The van der Waals surface area contributed by atoms with Gasteiger partial charge in [0.25, 0.3) is 0 Å². The maximum absolute atomic E-state index is 11.5. The van der Waals surface area contributed by atoms with Gasteiger partial charge in [0.05, 0.1) is 17.0 Å². The van der Waals surface area contributed by atoms with E-state index in [0.29, 0.717) is 31.6 Å². The van der Waals surface area contributed by atoms with Gasteiger partial charge in [0, 0.05) is 13.2 Å². The largest absolute Gasteiger partial charge is 0.481 e. The lowest BCUT2D eigenvalue weighted by atomic mass is 9.74. The van der Waals surface area contributed by atoms with Crippen LogP contribution < -0.4 is 0 Å². The van der Waals surface area contributed by atoms with Crippen LogP contribution in [-0.2, 0) is 14.9 Å². The average molecular weight is 231 g/mol. The second kappa shape index (κ2) is 4.56. The second-order valence-electron chi connectivity index (χ2n) is 4.19. The van der Waals surface area contributed by atoms with Crippen molar-refractivity contribution in [1.29, 1.82) is 5.26 Å². The van der Waals surface area contributed by atoms with Crippen LogP contribution in [0.4, 0.5) is 0 Å². The van der Waals surface area contributed by atoms with E-state index in [1.165, 1.54) is 0 Å². The molecule has 0 aromatic heterocycles. The lowest BCUT2D eigenvalue weighted by molar-refractivity contribution is -0.147. The van der Waals surface area contributed by atoms with Crippen LogP contribution in [0.3, 0.4) is 0 Å². The number of carbonyl (C=O) groups is 1. The smallest absolute Gasteiger partial charge is 0.314 e. The van der Waals surface area contributed by atoms with Crippen LogP contribution in [0.2, 0.25) is 0 Å². The maximum Gasteiger partial charge on any atom is 0.314 e. The summed E-state index contributed by atoms with van der Waals surface area (Å²) in [5.41, 5.74) is 0.445. The van der Waals surface area contributed by atoms with Gasteiger partial charge in [-0.15, -0.1) is 0 Å². The van der Waals surface area contributed by atoms with Crippen molar-refractivity contribution in [2.45, 2.75) is 18.3 Å². The molecule has 0 spiro atoms. The minimum atomic E-state index is -0.855. The molecule has 4 heteroatoms. The van der Waals surface area contributed by atoms with Gasteiger partial charge in [0.2, 0.25) is 0 Å². The zero-order chi connectivity index (χ0) is 12.3. The summed E-state index contributed by atoms with van der Waals surface area (Å²) in [5.74, 6) is -0.814. The van der Waals surface area contributed by atoms with Crippen LogP contribution in [0, 0.1) is 11.3 Å². The molecule has 0 unspecified atom stereocenters. The SMILES string of the molecule is N#Cc1ccc(C2(C(=O)O)CCOCC2)cc1. The van der Waals surface area contributed by atoms with Crippen LogP contribution >= 0.6 is 0 Å². The highest BCUT2D eigenvalue weighted by Gasteiger charge is 2.41. The van der Waals surface area contributed by atoms with E-state index in [4.69, 9.17) is 10.00 Å². The quantitative estimate of drug-likeness (QED) is 0.840. The fourth-order valence-corrected chi connectivity index (χ4v) is 2.21. The number of rotatable bonds is 2. The van der Waals surface area contributed by atoms with E-state index in [1.807, 2.05) is 6.07 Å². The molecule has 17 heavy (non-hydrogen) atoms. The molecule has 1 aliphatic heterocycles. The molecule has 0 atom stereocenters. The highest BCUT2D eigenvalue weighted by Crippen LogP contribution is 2.35. The van der Waals surface area contributed by atoms with Gasteiger partial charge in [-0.05, 0) is 30.5 Å². The van der Waals surface area contributed by atoms with Gasteiger partial charge < -0.3 is 9.84 Å². The predicted molar refractivity (Wildman–Crippen MR) is 60.5 cm³/mol. The highest BCUT2D eigenvalue weighted by atomic mass is 16.5. The molecule has 1 N–H and O–H groups in total. The van der Waals surface area contributed by atoms with Crippen LogP contribution in [0.25, 0.3) is 0 Å². The first-order chi connectivity index (χ1) is 8.19. The van der Waals surface area contributed by atoms with E-state index < -0.39 is 11.4 Å². The maximum atomic E-state index is 11.5. The molecule has 1 aromatic carbocycles. The summed E-state index contributed by atoms with van der Waals surface area (Å²) in [6, 6.07) is 8.82. The summed E-state index contributed by atoms with van der Waals surface area (Å²) in [4.78, 5) is 11.5. The molecule has 88 valence electrons. The fraction of sp³-hybridized carbons (Fsp3) is 0.385. The van der Waals surface area contributed by atoms with Crippen molar-refractivity contribution < 1.29 is 14.6 Å². The van der Waals surface area contributed by atoms with Gasteiger partial charge in [-0.3, -0.25) is 4.79 Å². The normalized spacial score (nSPS) is 18.3. The van der Waals surface area contributed by atoms with Crippen molar-refractivity contribution >= 4 is 5.97 Å². The van der Waals surface area contributed by atoms with Gasteiger partial charge in [-0.2, -0.15) is 5.26 Å². The van der Waals surface area contributed by atoms with Crippen molar-refractivity contribution in [1.82, 2.24) is 0 Å². The minimum Gasteiger partial charge on any atom is -0.481 e. The van der Waals surface area contributed by atoms with Crippen molar-refractivity contribution in [2.24, 2.45) is 0 Å². The van der Waals surface area contributed by atoms with Crippen molar-refractivity contribution in [2.75, 3.05) is 13.2 Å². The molecular formula is C13H13NO3. The summed E-state index contributed by atoms with van der Waals surface area (Å²) in [7, 11) is 0. The third-order valence-corrected chi connectivity index (χ3v) is 3.32. The van der Waals surface area contributed by atoms with Crippen LogP contribution in [0.5, 0.6) is 0 Å². The van der Waals surface area contributed by atoms with Gasteiger partial charge in [-0.1, -0.05) is 12.1 Å². The Morgan fingerprint density at radius 3 is 2.35 bits per heavy atom. The third kappa shape index (κ3) is 2.02. The third-order valence-electron chi connectivity index (χ3n) is 3.32. The zero-order valence-corrected chi connectivity index (χ0v) is 9.35. The van der Waals surface area contributed by atoms with Gasteiger partial charge in [0.1, 0.15) is 0 Å². The first-order valence-corrected chi connectivity index (χ1v) is 5.51.